The van der Waals surface area contributed by atoms with Crippen molar-refractivity contribution in [3.63, 3.8) is 0 Å². The standard InChI is InChI=1S/C23H26ClN3O/c1-3-27-22-19(13-25-23(27)24)15-26(14-17-9-11-20(28-2)12-10-17)16-21(22)18-7-5-4-6-8-18/h4-13,21,23H,3,14-16H2,1-2H3. The topological polar surface area (TPSA) is 28.1 Å². The molecule has 0 aliphatic carbocycles. The highest BCUT2D eigenvalue weighted by Gasteiger charge is 2.35. The molecule has 0 spiro atoms. The van der Waals surface area contributed by atoms with Crippen LogP contribution in [0, 0.1) is 0 Å². The van der Waals surface area contributed by atoms with E-state index in [1.165, 1.54) is 22.4 Å². The summed E-state index contributed by atoms with van der Waals surface area (Å²) in [6.07, 6.45) is 1.98. The van der Waals surface area contributed by atoms with E-state index in [9.17, 15) is 0 Å². The molecule has 2 heterocycles. The lowest BCUT2D eigenvalue weighted by Gasteiger charge is -2.43. The van der Waals surface area contributed by atoms with Gasteiger partial charge in [-0.25, -0.2) is 0 Å². The Morgan fingerprint density at radius 3 is 2.54 bits per heavy atom. The van der Waals surface area contributed by atoms with Crippen LogP contribution in [0.15, 0.2) is 70.9 Å². The van der Waals surface area contributed by atoms with Gasteiger partial charge in [0.2, 0.25) is 0 Å². The summed E-state index contributed by atoms with van der Waals surface area (Å²) in [5, 5.41) is 0. The second-order valence-electron chi connectivity index (χ2n) is 7.27. The van der Waals surface area contributed by atoms with Gasteiger partial charge < -0.3 is 9.64 Å². The van der Waals surface area contributed by atoms with E-state index in [4.69, 9.17) is 16.3 Å². The molecule has 2 aromatic rings. The summed E-state index contributed by atoms with van der Waals surface area (Å²) in [7, 11) is 1.70. The summed E-state index contributed by atoms with van der Waals surface area (Å²) in [4.78, 5) is 9.25. The van der Waals surface area contributed by atoms with E-state index in [2.05, 4.69) is 64.2 Å². The number of rotatable bonds is 5. The number of nitrogens with zero attached hydrogens (tertiary/aromatic N) is 3. The highest BCUT2D eigenvalue weighted by molar-refractivity contribution is 6.21. The maximum Gasteiger partial charge on any atom is 0.197 e. The van der Waals surface area contributed by atoms with E-state index in [-0.39, 0.29) is 11.5 Å². The van der Waals surface area contributed by atoms with Crippen LogP contribution in [0.25, 0.3) is 0 Å². The zero-order valence-corrected chi connectivity index (χ0v) is 17.1. The fourth-order valence-corrected chi connectivity index (χ4v) is 4.47. The highest BCUT2D eigenvalue weighted by Crippen LogP contribution is 2.38. The third-order valence-electron chi connectivity index (χ3n) is 5.52. The van der Waals surface area contributed by atoms with Crippen molar-refractivity contribution in [3.8, 4) is 5.75 Å². The van der Waals surface area contributed by atoms with Crippen LogP contribution >= 0.6 is 11.6 Å². The van der Waals surface area contributed by atoms with E-state index in [0.29, 0.717) is 0 Å². The van der Waals surface area contributed by atoms with Crippen molar-refractivity contribution in [2.24, 2.45) is 4.99 Å². The maximum atomic E-state index is 6.52. The van der Waals surface area contributed by atoms with E-state index < -0.39 is 0 Å². The van der Waals surface area contributed by atoms with E-state index in [0.717, 1.165) is 31.9 Å². The molecule has 0 saturated carbocycles. The van der Waals surface area contributed by atoms with Gasteiger partial charge in [0.25, 0.3) is 0 Å². The second-order valence-corrected chi connectivity index (χ2v) is 7.66. The lowest BCUT2D eigenvalue weighted by atomic mass is 9.87. The Morgan fingerprint density at radius 2 is 1.86 bits per heavy atom. The SMILES string of the molecule is CCN1C2=C(C=NC1Cl)CN(Cc1ccc(OC)cc1)CC2c1ccccc1. The zero-order chi connectivity index (χ0) is 19.5. The minimum atomic E-state index is -0.317. The first-order valence-electron chi connectivity index (χ1n) is 9.76. The molecule has 0 bridgehead atoms. The van der Waals surface area contributed by atoms with Crippen LogP contribution in [-0.2, 0) is 6.54 Å². The lowest BCUT2D eigenvalue weighted by Crippen LogP contribution is -2.45. The Balaban J connectivity index is 1.65. The number of methoxy groups -OCH3 is 1. The smallest absolute Gasteiger partial charge is 0.197 e. The minimum absolute atomic E-state index is 0.288. The van der Waals surface area contributed by atoms with E-state index in [1.807, 2.05) is 18.3 Å². The lowest BCUT2D eigenvalue weighted by molar-refractivity contribution is 0.218. The van der Waals surface area contributed by atoms with Gasteiger partial charge in [0.1, 0.15) is 5.75 Å². The molecular formula is C23H26ClN3O. The molecule has 0 fully saturated rings. The van der Waals surface area contributed by atoms with Crippen LogP contribution in [0.5, 0.6) is 5.75 Å². The summed E-state index contributed by atoms with van der Waals surface area (Å²) < 4.78 is 5.28. The summed E-state index contributed by atoms with van der Waals surface area (Å²) in [6, 6.07) is 19.1. The van der Waals surface area contributed by atoms with Crippen molar-refractivity contribution >= 4 is 17.8 Å². The van der Waals surface area contributed by atoms with Crippen molar-refractivity contribution in [1.82, 2.24) is 9.80 Å². The number of likely N-dealkylation sites (N-methyl/N-ethyl adjacent to an activating group) is 1. The number of halogens is 1. The Labute approximate surface area is 172 Å². The minimum Gasteiger partial charge on any atom is -0.497 e. The number of hydrogen-bond donors (Lipinski definition) is 0. The first-order chi connectivity index (χ1) is 13.7. The average molecular weight is 396 g/mol. The number of hydrogen-bond acceptors (Lipinski definition) is 4. The molecule has 4 rings (SSSR count). The molecule has 2 aliphatic heterocycles. The summed E-state index contributed by atoms with van der Waals surface area (Å²) in [5.74, 6) is 1.18. The Hall–Kier alpha value is -2.30. The van der Waals surface area contributed by atoms with Crippen LogP contribution in [-0.4, -0.2) is 48.4 Å². The van der Waals surface area contributed by atoms with Gasteiger partial charge in [-0.1, -0.05) is 54.1 Å². The third-order valence-corrected chi connectivity index (χ3v) is 5.87. The largest absolute Gasteiger partial charge is 0.497 e. The fraction of sp³-hybridized carbons (Fsp3) is 0.348. The van der Waals surface area contributed by atoms with E-state index in [1.54, 1.807) is 7.11 Å². The van der Waals surface area contributed by atoms with Gasteiger partial charge >= 0.3 is 0 Å². The van der Waals surface area contributed by atoms with Crippen molar-refractivity contribution in [3.05, 3.63) is 77.0 Å². The van der Waals surface area contributed by atoms with Gasteiger partial charge in [-0.15, -0.1) is 0 Å². The predicted octanol–water partition coefficient (Wildman–Crippen LogP) is 4.48. The molecule has 2 atom stereocenters. The predicted molar refractivity (Wildman–Crippen MR) is 115 cm³/mol. The highest BCUT2D eigenvalue weighted by atomic mass is 35.5. The van der Waals surface area contributed by atoms with Gasteiger partial charge in [0.15, 0.2) is 5.62 Å². The van der Waals surface area contributed by atoms with Crippen molar-refractivity contribution in [2.45, 2.75) is 25.0 Å². The van der Waals surface area contributed by atoms with Gasteiger partial charge in [-0.05, 0) is 30.2 Å². The third kappa shape index (κ3) is 3.80. The maximum absolute atomic E-state index is 6.52. The molecule has 2 unspecified atom stereocenters. The van der Waals surface area contributed by atoms with Gasteiger partial charge in [-0.2, -0.15) is 0 Å². The first-order valence-corrected chi connectivity index (χ1v) is 10.2. The molecule has 2 aromatic carbocycles. The second kappa shape index (κ2) is 8.38. The Morgan fingerprint density at radius 1 is 1.11 bits per heavy atom. The Bertz CT molecular complexity index is 863. The molecule has 5 heteroatoms. The van der Waals surface area contributed by atoms with Crippen LogP contribution < -0.4 is 4.74 Å². The van der Waals surface area contributed by atoms with Crippen LogP contribution in [0.4, 0.5) is 0 Å². The molecule has 28 heavy (non-hydrogen) atoms. The molecule has 4 nitrogen and oxygen atoms in total. The quantitative estimate of drug-likeness (QED) is 0.552. The van der Waals surface area contributed by atoms with Crippen LogP contribution in [0.3, 0.4) is 0 Å². The molecule has 0 N–H and O–H groups in total. The molecule has 2 aliphatic rings. The Kier molecular flexibility index (Phi) is 5.69. The number of ether oxygens (including phenoxy) is 1. The van der Waals surface area contributed by atoms with Crippen molar-refractivity contribution < 1.29 is 4.74 Å². The van der Waals surface area contributed by atoms with Crippen molar-refractivity contribution in [1.29, 1.82) is 0 Å². The molecular weight excluding hydrogens is 370 g/mol. The summed E-state index contributed by atoms with van der Waals surface area (Å²) in [5.41, 5.74) is 4.89. The van der Waals surface area contributed by atoms with Crippen LogP contribution in [0.1, 0.15) is 24.0 Å². The van der Waals surface area contributed by atoms with Gasteiger partial charge in [0, 0.05) is 49.6 Å². The summed E-state index contributed by atoms with van der Waals surface area (Å²) >= 11 is 6.52. The number of alkyl halides is 1. The molecule has 0 amide bonds. The van der Waals surface area contributed by atoms with E-state index >= 15 is 0 Å². The van der Waals surface area contributed by atoms with Crippen molar-refractivity contribution in [2.75, 3.05) is 26.7 Å². The molecule has 0 saturated heterocycles. The molecule has 0 aromatic heterocycles. The molecule has 146 valence electrons. The molecule has 0 radical (unpaired) electrons. The van der Waals surface area contributed by atoms with Crippen LogP contribution in [0.2, 0.25) is 0 Å². The first kappa shape index (κ1) is 19.0. The van der Waals surface area contributed by atoms with Gasteiger partial charge in [0.05, 0.1) is 7.11 Å². The summed E-state index contributed by atoms with van der Waals surface area (Å²) in [6.45, 7) is 5.74. The number of aliphatic imine (C=N–C) groups is 1. The van der Waals surface area contributed by atoms with Gasteiger partial charge in [-0.3, -0.25) is 9.89 Å². The monoisotopic (exact) mass is 395 g/mol. The average Bonchev–Trinajstić information content (AvgIpc) is 2.74. The number of benzene rings is 2. The zero-order valence-electron chi connectivity index (χ0n) is 16.4. The normalized spacial score (nSPS) is 22.3. The fourth-order valence-electron chi connectivity index (χ4n) is 4.17.